The highest BCUT2D eigenvalue weighted by Crippen LogP contribution is 2.35. The molecule has 0 aliphatic heterocycles. The summed E-state index contributed by atoms with van der Waals surface area (Å²) < 4.78 is 49.8. The zero-order chi connectivity index (χ0) is 26.1. The molecule has 0 heterocycles. The number of benzene rings is 3. The van der Waals surface area contributed by atoms with Gasteiger partial charge in [0.2, 0.25) is 5.91 Å². The maximum Gasteiger partial charge on any atom is 0.264 e. The van der Waals surface area contributed by atoms with Gasteiger partial charge in [-0.1, -0.05) is 23.8 Å². The van der Waals surface area contributed by atoms with Crippen LogP contribution in [0.15, 0.2) is 71.6 Å². The lowest BCUT2D eigenvalue weighted by Gasteiger charge is -2.26. The molecule has 0 bridgehead atoms. The Morgan fingerprint density at radius 1 is 0.861 bits per heavy atom. The number of aryl methyl sites for hydroxylation is 1. The van der Waals surface area contributed by atoms with Crippen LogP contribution in [0.4, 0.5) is 5.69 Å². The molecule has 3 rings (SSSR count). The molecule has 0 unspecified atom stereocenters. The number of rotatable bonds is 12. The van der Waals surface area contributed by atoms with Crippen LogP contribution in [-0.2, 0) is 14.8 Å². The first-order valence-corrected chi connectivity index (χ1v) is 12.6. The lowest BCUT2D eigenvalue weighted by Crippen LogP contribution is -2.42. The van der Waals surface area contributed by atoms with E-state index in [0.29, 0.717) is 17.2 Å². The van der Waals surface area contributed by atoms with Gasteiger partial charge in [0.25, 0.3) is 10.0 Å². The van der Waals surface area contributed by atoms with Crippen LogP contribution >= 0.6 is 0 Å². The SMILES string of the molecule is COc1cccc(OCCNC(=O)CN(c2cc(OC)ccc2OC)S(=O)(=O)c2ccc(C)cc2)c1. The Bertz CT molecular complexity index is 1280. The highest BCUT2D eigenvalue weighted by Gasteiger charge is 2.30. The number of anilines is 1. The van der Waals surface area contributed by atoms with Gasteiger partial charge in [0, 0.05) is 12.1 Å². The Balaban J connectivity index is 1.80. The summed E-state index contributed by atoms with van der Waals surface area (Å²) in [7, 11) is 0.350. The third-order valence-electron chi connectivity index (χ3n) is 5.29. The molecule has 0 radical (unpaired) electrons. The zero-order valence-electron chi connectivity index (χ0n) is 20.7. The molecule has 1 amide bonds. The average molecular weight is 515 g/mol. The van der Waals surface area contributed by atoms with E-state index in [0.717, 1.165) is 9.87 Å². The van der Waals surface area contributed by atoms with Crippen molar-refractivity contribution in [3.63, 3.8) is 0 Å². The smallest absolute Gasteiger partial charge is 0.264 e. The Morgan fingerprint density at radius 3 is 2.19 bits per heavy atom. The monoisotopic (exact) mass is 514 g/mol. The largest absolute Gasteiger partial charge is 0.497 e. The lowest BCUT2D eigenvalue weighted by molar-refractivity contribution is -0.119. The van der Waals surface area contributed by atoms with Crippen LogP contribution in [0.25, 0.3) is 0 Å². The van der Waals surface area contributed by atoms with Crippen LogP contribution in [-0.4, -0.2) is 55.4 Å². The number of nitrogens with zero attached hydrogens (tertiary/aromatic N) is 1. The van der Waals surface area contributed by atoms with Crippen LogP contribution in [0, 0.1) is 6.92 Å². The van der Waals surface area contributed by atoms with E-state index in [9.17, 15) is 13.2 Å². The normalized spacial score (nSPS) is 10.9. The fourth-order valence-electron chi connectivity index (χ4n) is 3.37. The van der Waals surface area contributed by atoms with Crippen molar-refractivity contribution < 1.29 is 32.2 Å². The van der Waals surface area contributed by atoms with Gasteiger partial charge in [0.1, 0.15) is 36.1 Å². The number of nitrogens with one attached hydrogen (secondary N) is 1. The highest BCUT2D eigenvalue weighted by molar-refractivity contribution is 7.92. The van der Waals surface area contributed by atoms with Gasteiger partial charge in [0.05, 0.1) is 38.5 Å². The molecule has 3 aromatic rings. The summed E-state index contributed by atoms with van der Waals surface area (Å²) in [5.41, 5.74) is 1.09. The predicted octanol–water partition coefficient (Wildman–Crippen LogP) is 3.41. The molecular formula is C26H30N2O7S. The summed E-state index contributed by atoms with van der Waals surface area (Å²) >= 11 is 0. The average Bonchev–Trinajstić information content (AvgIpc) is 2.89. The van der Waals surface area contributed by atoms with Gasteiger partial charge < -0.3 is 24.3 Å². The summed E-state index contributed by atoms with van der Waals surface area (Å²) in [6, 6.07) is 18.3. The van der Waals surface area contributed by atoms with Crippen molar-refractivity contribution in [3.8, 4) is 23.0 Å². The quantitative estimate of drug-likeness (QED) is 0.370. The molecule has 0 aromatic heterocycles. The van der Waals surface area contributed by atoms with Crippen molar-refractivity contribution in [3.05, 3.63) is 72.3 Å². The van der Waals surface area contributed by atoms with Crippen LogP contribution in [0.3, 0.4) is 0 Å². The molecule has 0 spiro atoms. The van der Waals surface area contributed by atoms with E-state index in [2.05, 4.69) is 5.32 Å². The van der Waals surface area contributed by atoms with E-state index in [-0.39, 0.29) is 29.5 Å². The summed E-state index contributed by atoms with van der Waals surface area (Å²) in [6.45, 7) is 1.75. The van der Waals surface area contributed by atoms with E-state index in [1.807, 2.05) is 6.92 Å². The molecule has 0 saturated heterocycles. The van der Waals surface area contributed by atoms with Crippen molar-refractivity contribution >= 4 is 21.6 Å². The summed E-state index contributed by atoms with van der Waals surface area (Å²) in [5.74, 6) is 1.43. The molecule has 192 valence electrons. The molecule has 9 nitrogen and oxygen atoms in total. The minimum absolute atomic E-state index is 0.0483. The summed E-state index contributed by atoms with van der Waals surface area (Å²) in [4.78, 5) is 12.9. The molecule has 10 heteroatoms. The minimum Gasteiger partial charge on any atom is -0.497 e. The number of amides is 1. The number of ether oxygens (including phenoxy) is 4. The molecule has 0 saturated carbocycles. The number of hydrogen-bond acceptors (Lipinski definition) is 7. The maximum absolute atomic E-state index is 13.6. The molecule has 1 N–H and O–H groups in total. The number of hydrogen-bond donors (Lipinski definition) is 1. The fraction of sp³-hybridized carbons (Fsp3) is 0.269. The predicted molar refractivity (Wildman–Crippen MR) is 137 cm³/mol. The first-order chi connectivity index (χ1) is 17.3. The Morgan fingerprint density at radius 2 is 1.53 bits per heavy atom. The van der Waals surface area contributed by atoms with E-state index < -0.39 is 22.5 Å². The first kappa shape index (κ1) is 26.7. The molecule has 0 atom stereocenters. The van der Waals surface area contributed by atoms with Gasteiger partial charge >= 0.3 is 0 Å². The number of methoxy groups -OCH3 is 3. The second kappa shape index (κ2) is 12.2. The topological polar surface area (TPSA) is 103 Å². The third-order valence-corrected chi connectivity index (χ3v) is 7.06. The van der Waals surface area contributed by atoms with Crippen molar-refractivity contribution in [1.29, 1.82) is 0 Å². The third kappa shape index (κ3) is 6.60. The molecular weight excluding hydrogens is 484 g/mol. The standard InChI is InChI=1S/C26H30N2O7S/c1-19-8-11-23(12-9-19)36(30,31)28(24-17-21(33-3)10-13-25(24)34-4)18-26(29)27-14-15-35-22-7-5-6-20(16-22)32-2/h5-13,16-17H,14-15,18H2,1-4H3,(H,27,29). The van der Waals surface area contributed by atoms with Crippen LogP contribution in [0.2, 0.25) is 0 Å². The van der Waals surface area contributed by atoms with Gasteiger partial charge in [-0.25, -0.2) is 8.42 Å². The number of carbonyl (C=O) groups is 1. The zero-order valence-corrected chi connectivity index (χ0v) is 21.5. The van der Waals surface area contributed by atoms with E-state index in [1.54, 1.807) is 55.6 Å². The molecule has 0 aliphatic carbocycles. The fourth-order valence-corrected chi connectivity index (χ4v) is 4.79. The van der Waals surface area contributed by atoms with Crippen LogP contribution in [0.5, 0.6) is 23.0 Å². The van der Waals surface area contributed by atoms with Gasteiger partial charge in [-0.15, -0.1) is 0 Å². The second-order valence-electron chi connectivity index (χ2n) is 7.74. The van der Waals surface area contributed by atoms with Crippen molar-refractivity contribution in [2.45, 2.75) is 11.8 Å². The highest BCUT2D eigenvalue weighted by atomic mass is 32.2. The Labute approximate surface area is 211 Å². The number of sulfonamides is 1. The van der Waals surface area contributed by atoms with Gasteiger partial charge in [-0.3, -0.25) is 9.10 Å². The molecule has 0 aliphatic rings. The van der Waals surface area contributed by atoms with Crippen molar-refractivity contribution in [2.24, 2.45) is 0 Å². The van der Waals surface area contributed by atoms with Crippen LogP contribution < -0.4 is 28.6 Å². The molecule has 0 fully saturated rings. The van der Waals surface area contributed by atoms with E-state index >= 15 is 0 Å². The van der Waals surface area contributed by atoms with Crippen molar-refractivity contribution in [1.82, 2.24) is 5.32 Å². The van der Waals surface area contributed by atoms with E-state index in [4.69, 9.17) is 18.9 Å². The van der Waals surface area contributed by atoms with Crippen molar-refractivity contribution in [2.75, 3.05) is 45.3 Å². The van der Waals surface area contributed by atoms with Gasteiger partial charge in [-0.05, 0) is 43.3 Å². The van der Waals surface area contributed by atoms with E-state index in [1.165, 1.54) is 32.4 Å². The maximum atomic E-state index is 13.6. The Hall–Kier alpha value is -3.92. The first-order valence-electron chi connectivity index (χ1n) is 11.1. The summed E-state index contributed by atoms with van der Waals surface area (Å²) in [5, 5.41) is 2.71. The lowest BCUT2D eigenvalue weighted by atomic mass is 10.2. The molecule has 3 aromatic carbocycles. The van der Waals surface area contributed by atoms with Crippen LogP contribution in [0.1, 0.15) is 5.56 Å². The second-order valence-corrected chi connectivity index (χ2v) is 9.60. The minimum atomic E-state index is -4.11. The Kier molecular flexibility index (Phi) is 9.02. The van der Waals surface area contributed by atoms with Gasteiger partial charge in [-0.2, -0.15) is 0 Å². The number of carbonyl (C=O) groups excluding carboxylic acids is 1. The molecule has 36 heavy (non-hydrogen) atoms. The van der Waals surface area contributed by atoms with Gasteiger partial charge in [0.15, 0.2) is 0 Å². The summed E-state index contributed by atoms with van der Waals surface area (Å²) in [6.07, 6.45) is 0.